The third kappa shape index (κ3) is 3.37. The van der Waals surface area contributed by atoms with Gasteiger partial charge in [0.1, 0.15) is 0 Å². The number of anilines is 1. The Morgan fingerprint density at radius 2 is 1.76 bits per heavy atom. The molecule has 0 aliphatic heterocycles. The Morgan fingerprint density at radius 3 is 2.36 bits per heavy atom. The number of hydrogen-bond donors (Lipinski definition) is 2. The highest BCUT2D eigenvalue weighted by Gasteiger charge is 2.50. The van der Waals surface area contributed by atoms with E-state index in [-0.39, 0.29) is 6.03 Å². The van der Waals surface area contributed by atoms with Crippen LogP contribution in [0.15, 0.2) is 24.3 Å². The van der Waals surface area contributed by atoms with Gasteiger partial charge in [0.05, 0.1) is 12.7 Å². The molecule has 25 heavy (non-hydrogen) atoms. The van der Waals surface area contributed by atoms with E-state index in [2.05, 4.69) is 10.6 Å². The summed E-state index contributed by atoms with van der Waals surface area (Å²) in [7, 11) is 1.35. The molecule has 4 fully saturated rings. The van der Waals surface area contributed by atoms with Crippen LogP contribution >= 0.6 is 0 Å². The molecule has 4 bridgehead atoms. The summed E-state index contributed by atoms with van der Waals surface area (Å²) in [4.78, 5) is 23.9. The van der Waals surface area contributed by atoms with Crippen LogP contribution < -0.4 is 10.6 Å². The van der Waals surface area contributed by atoms with Gasteiger partial charge in [-0.2, -0.15) is 0 Å². The number of carbonyl (C=O) groups is 2. The molecule has 0 heterocycles. The zero-order valence-corrected chi connectivity index (χ0v) is 14.7. The van der Waals surface area contributed by atoms with Crippen LogP contribution in [0.25, 0.3) is 0 Å². The lowest BCUT2D eigenvalue weighted by Gasteiger charge is -2.56. The normalized spacial score (nSPS) is 32.3. The van der Waals surface area contributed by atoms with Crippen molar-refractivity contribution in [2.45, 2.75) is 38.5 Å². The van der Waals surface area contributed by atoms with Gasteiger partial charge in [-0.1, -0.05) is 6.07 Å². The molecule has 1 aromatic rings. The molecule has 5 nitrogen and oxygen atoms in total. The van der Waals surface area contributed by atoms with E-state index in [1.54, 1.807) is 24.3 Å². The second-order valence-corrected chi connectivity index (χ2v) is 8.30. The number of ether oxygens (including phenoxy) is 1. The zero-order chi connectivity index (χ0) is 17.4. The van der Waals surface area contributed by atoms with Crippen molar-refractivity contribution < 1.29 is 14.3 Å². The number of methoxy groups -OCH3 is 1. The Morgan fingerprint density at radius 1 is 1.12 bits per heavy atom. The zero-order valence-electron chi connectivity index (χ0n) is 14.7. The predicted molar refractivity (Wildman–Crippen MR) is 95.4 cm³/mol. The van der Waals surface area contributed by atoms with Gasteiger partial charge in [0.2, 0.25) is 0 Å². The Kier molecular flexibility index (Phi) is 4.18. The SMILES string of the molecule is COC(=O)c1cccc(NC(=O)NCC23CC4CC(CC(C4)C2)C3)c1. The topological polar surface area (TPSA) is 67.4 Å². The Balaban J connectivity index is 1.35. The second-order valence-electron chi connectivity index (χ2n) is 8.30. The Bertz CT molecular complexity index is 650. The fourth-order valence-electron chi connectivity index (χ4n) is 5.79. The summed E-state index contributed by atoms with van der Waals surface area (Å²) in [5.41, 5.74) is 1.35. The molecular weight excluding hydrogens is 316 g/mol. The monoisotopic (exact) mass is 342 g/mol. The minimum absolute atomic E-state index is 0.197. The van der Waals surface area contributed by atoms with Crippen LogP contribution in [0, 0.1) is 23.2 Å². The first kappa shape index (κ1) is 16.4. The number of benzene rings is 1. The van der Waals surface area contributed by atoms with Crippen molar-refractivity contribution in [3.63, 3.8) is 0 Å². The van der Waals surface area contributed by atoms with E-state index in [4.69, 9.17) is 4.74 Å². The van der Waals surface area contributed by atoms with E-state index in [9.17, 15) is 9.59 Å². The van der Waals surface area contributed by atoms with Gasteiger partial charge >= 0.3 is 12.0 Å². The van der Waals surface area contributed by atoms with Crippen molar-refractivity contribution in [1.29, 1.82) is 0 Å². The molecule has 134 valence electrons. The fourth-order valence-corrected chi connectivity index (χ4v) is 5.79. The summed E-state index contributed by atoms with van der Waals surface area (Å²) >= 11 is 0. The van der Waals surface area contributed by atoms with Gasteiger partial charge in [-0.05, 0) is 79.9 Å². The molecule has 1 aromatic carbocycles. The Labute approximate surface area is 148 Å². The molecule has 2 N–H and O–H groups in total. The first-order chi connectivity index (χ1) is 12.0. The van der Waals surface area contributed by atoms with E-state index in [0.29, 0.717) is 16.7 Å². The molecule has 5 heteroatoms. The highest BCUT2D eigenvalue weighted by atomic mass is 16.5. The van der Waals surface area contributed by atoms with Crippen molar-refractivity contribution in [2.75, 3.05) is 19.0 Å². The summed E-state index contributed by atoms with van der Waals surface area (Å²) < 4.78 is 4.71. The van der Waals surface area contributed by atoms with Gasteiger partial charge in [0.25, 0.3) is 0 Å². The molecule has 2 amide bonds. The van der Waals surface area contributed by atoms with Gasteiger partial charge in [0.15, 0.2) is 0 Å². The molecule has 4 aliphatic rings. The molecule has 0 saturated heterocycles. The maximum absolute atomic E-state index is 12.3. The lowest BCUT2D eigenvalue weighted by molar-refractivity contribution is -0.0496. The van der Waals surface area contributed by atoms with Crippen molar-refractivity contribution in [2.24, 2.45) is 23.2 Å². The molecular formula is C20H26N2O3. The first-order valence-corrected chi connectivity index (χ1v) is 9.28. The van der Waals surface area contributed by atoms with Gasteiger partial charge in [-0.3, -0.25) is 0 Å². The maximum atomic E-state index is 12.3. The van der Waals surface area contributed by atoms with Crippen LogP contribution in [0.1, 0.15) is 48.9 Å². The molecule has 5 rings (SSSR count). The maximum Gasteiger partial charge on any atom is 0.337 e. The number of carbonyl (C=O) groups excluding carboxylic acids is 2. The number of urea groups is 1. The largest absolute Gasteiger partial charge is 0.465 e. The minimum atomic E-state index is -0.405. The highest BCUT2D eigenvalue weighted by Crippen LogP contribution is 2.59. The molecule has 0 unspecified atom stereocenters. The van der Waals surface area contributed by atoms with Crippen molar-refractivity contribution in [1.82, 2.24) is 5.32 Å². The summed E-state index contributed by atoms with van der Waals surface area (Å²) in [5.74, 6) is 2.24. The standard InChI is InChI=1S/C20H26N2O3/c1-25-18(23)16-3-2-4-17(8-16)22-19(24)21-12-20-9-13-5-14(10-20)7-15(6-13)11-20/h2-4,8,13-15H,5-7,9-12H2,1H3,(H2,21,22,24). The van der Waals surface area contributed by atoms with Crippen LogP contribution in [-0.2, 0) is 4.74 Å². The van der Waals surface area contributed by atoms with Crippen LogP contribution in [-0.4, -0.2) is 25.7 Å². The number of esters is 1. The molecule has 4 saturated carbocycles. The molecule has 0 spiro atoms. The van der Waals surface area contributed by atoms with Crippen molar-refractivity contribution in [3.8, 4) is 0 Å². The lowest BCUT2D eigenvalue weighted by Crippen LogP contribution is -2.51. The van der Waals surface area contributed by atoms with E-state index >= 15 is 0 Å². The average Bonchev–Trinajstić information content (AvgIpc) is 2.58. The number of hydrogen-bond acceptors (Lipinski definition) is 3. The molecule has 0 radical (unpaired) electrons. The summed E-state index contributed by atoms with van der Waals surface area (Å²) in [6.07, 6.45) is 8.05. The molecule has 0 atom stereocenters. The minimum Gasteiger partial charge on any atom is -0.465 e. The van der Waals surface area contributed by atoms with Gasteiger partial charge in [0, 0.05) is 12.2 Å². The second kappa shape index (κ2) is 6.36. The van der Waals surface area contributed by atoms with Crippen LogP contribution in [0.5, 0.6) is 0 Å². The number of nitrogens with one attached hydrogen (secondary N) is 2. The smallest absolute Gasteiger partial charge is 0.337 e. The van der Waals surface area contributed by atoms with E-state index in [1.165, 1.54) is 45.6 Å². The van der Waals surface area contributed by atoms with Crippen molar-refractivity contribution in [3.05, 3.63) is 29.8 Å². The van der Waals surface area contributed by atoms with Gasteiger partial charge < -0.3 is 15.4 Å². The van der Waals surface area contributed by atoms with E-state index in [1.807, 2.05) is 0 Å². The molecule has 0 aromatic heterocycles. The van der Waals surface area contributed by atoms with Crippen LogP contribution in [0.4, 0.5) is 10.5 Å². The lowest BCUT2D eigenvalue weighted by atomic mass is 9.49. The average molecular weight is 342 g/mol. The number of amides is 2. The fraction of sp³-hybridized carbons (Fsp3) is 0.600. The van der Waals surface area contributed by atoms with Crippen molar-refractivity contribution >= 4 is 17.7 Å². The summed E-state index contributed by atoms with van der Waals surface area (Å²) in [5, 5.41) is 5.92. The first-order valence-electron chi connectivity index (χ1n) is 9.28. The molecule has 4 aliphatic carbocycles. The van der Waals surface area contributed by atoms with Crippen LogP contribution in [0.3, 0.4) is 0 Å². The quantitative estimate of drug-likeness (QED) is 0.818. The predicted octanol–water partition coefficient (Wildman–Crippen LogP) is 3.81. The third-order valence-electron chi connectivity index (χ3n) is 6.33. The number of rotatable bonds is 4. The summed E-state index contributed by atoms with van der Waals surface area (Å²) in [6.45, 7) is 0.763. The Hall–Kier alpha value is -2.04. The van der Waals surface area contributed by atoms with Crippen LogP contribution in [0.2, 0.25) is 0 Å². The summed E-state index contributed by atoms with van der Waals surface area (Å²) in [6, 6.07) is 6.62. The van der Waals surface area contributed by atoms with E-state index in [0.717, 1.165) is 24.3 Å². The van der Waals surface area contributed by atoms with E-state index < -0.39 is 5.97 Å². The van der Waals surface area contributed by atoms with Gasteiger partial charge in [-0.15, -0.1) is 0 Å². The highest BCUT2D eigenvalue weighted by molar-refractivity contribution is 5.93. The van der Waals surface area contributed by atoms with Gasteiger partial charge in [-0.25, -0.2) is 9.59 Å². The third-order valence-corrected chi connectivity index (χ3v) is 6.33.